The predicted octanol–water partition coefficient (Wildman–Crippen LogP) is 1.34. The molecule has 0 bridgehead atoms. The monoisotopic (exact) mass is 241 g/mol. The fraction of sp³-hybridized carbons (Fsp3) is 0.923. The average molecular weight is 241 g/mol. The number of ether oxygens (including phenoxy) is 2. The molecule has 2 saturated carbocycles. The molecule has 2 fully saturated rings. The molecule has 2 aliphatic carbocycles. The zero-order valence-corrected chi connectivity index (χ0v) is 10.8. The highest BCUT2D eigenvalue weighted by atomic mass is 16.5. The number of carbonyl (C=O) groups is 1. The standard InChI is InChI=1S/C13H23NO3/c1-3-17-12(15)13(9-16-2,11-6-7-11)14-8-10-4-5-10/h10-11,14H,3-9H2,1-2H3. The van der Waals surface area contributed by atoms with Crippen LogP contribution in [0.3, 0.4) is 0 Å². The van der Waals surface area contributed by atoms with E-state index in [-0.39, 0.29) is 5.97 Å². The summed E-state index contributed by atoms with van der Waals surface area (Å²) >= 11 is 0. The average Bonchev–Trinajstić information content (AvgIpc) is 3.18. The fourth-order valence-electron chi connectivity index (χ4n) is 2.32. The van der Waals surface area contributed by atoms with Crippen molar-refractivity contribution < 1.29 is 14.3 Å². The first-order valence-electron chi connectivity index (χ1n) is 6.64. The number of hydrogen-bond acceptors (Lipinski definition) is 4. The van der Waals surface area contributed by atoms with Crippen molar-refractivity contribution >= 4 is 5.97 Å². The summed E-state index contributed by atoms with van der Waals surface area (Å²) in [4.78, 5) is 12.2. The van der Waals surface area contributed by atoms with Gasteiger partial charge in [-0.3, -0.25) is 5.32 Å². The van der Waals surface area contributed by atoms with E-state index in [1.807, 2.05) is 6.92 Å². The quantitative estimate of drug-likeness (QED) is 0.652. The Bertz CT molecular complexity index is 274. The van der Waals surface area contributed by atoms with Gasteiger partial charge in [0.05, 0.1) is 13.2 Å². The van der Waals surface area contributed by atoms with Crippen LogP contribution in [0, 0.1) is 11.8 Å². The SMILES string of the molecule is CCOC(=O)C(COC)(NCC1CC1)C1CC1. The van der Waals surface area contributed by atoms with E-state index in [1.165, 1.54) is 12.8 Å². The maximum Gasteiger partial charge on any atom is 0.329 e. The summed E-state index contributed by atoms with van der Waals surface area (Å²) in [6.45, 7) is 3.62. The molecule has 2 rings (SSSR count). The van der Waals surface area contributed by atoms with Gasteiger partial charge in [-0.1, -0.05) is 0 Å². The molecule has 0 aromatic carbocycles. The lowest BCUT2D eigenvalue weighted by atomic mass is 9.93. The Labute approximate surface area is 103 Å². The second-order valence-electron chi connectivity index (χ2n) is 5.22. The Morgan fingerprint density at radius 2 is 2.06 bits per heavy atom. The van der Waals surface area contributed by atoms with Crippen molar-refractivity contribution in [3.8, 4) is 0 Å². The minimum Gasteiger partial charge on any atom is -0.465 e. The Morgan fingerprint density at radius 1 is 1.35 bits per heavy atom. The number of nitrogens with one attached hydrogen (secondary N) is 1. The minimum atomic E-state index is -0.590. The van der Waals surface area contributed by atoms with Gasteiger partial charge >= 0.3 is 5.97 Å². The third-order valence-corrected chi connectivity index (χ3v) is 3.69. The molecule has 0 aromatic rings. The lowest BCUT2D eigenvalue weighted by Crippen LogP contribution is -2.58. The lowest BCUT2D eigenvalue weighted by molar-refractivity contribution is -0.155. The van der Waals surface area contributed by atoms with Gasteiger partial charge in [0.1, 0.15) is 5.54 Å². The Balaban J connectivity index is 2.02. The van der Waals surface area contributed by atoms with Crippen LogP contribution in [0.25, 0.3) is 0 Å². The molecule has 1 unspecified atom stereocenters. The number of methoxy groups -OCH3 is 1. The summed E-state index contributed by atoms with van der Waals surface area (Å²) in [7, 11) is 1.65. The van der Waals surface area contributed by atoms with Gasteiger partial charge in [0, 0.05) is 7.11 Å². The molecule has 0 aromatic heterocycles. The maximum atomic E-state index is 12.2. The first-order chi connectivity index (χ1) is 8.23. The highest BCUT2D eigenvalue weighted by molar-refractivity contribution is 5.82. The van der Waals surface area contributed by atoms with E-state index in [9.17, 15) is 4.79 Å². The molecule has 0 saturated heterocycles. The summed E-state index contributed by atoms with van der Waals surface area (Å²) in [5.41, 5.74) is -0.590. The number of rotatable bonds is 8. The zero-order valence-electron chi connectivity index (χ0n) is 10.8. The molecule has 98 valence electrons. The van der Waals surface area contributed by atoms with Crippen LogP contribution in [0.5, 0.6) is 0 Å². The molecule has 1 N–H and O–H groups in total. The summed E-state index contributed by atoms with van der Waals surface area (Å²) in [5, 5.41) is 3.44. The molecular formula is C13H23NO3. The Kier molecular flexibility index (Phi) is 4.05. The first-order valence-corrected chi connectivity index (χ1v) is 6.64. The Hall–Kier alpha value is -0.610. The van der Waals surface area contributed by atoms with Gasteiger partial charge in [0.2, 0.25) is 0 Å². The normalized spacial score (nSPS) is 23.2. The van der Waals surface area contributed by atoms with E-state index in [4.69, 9.17) is 9.47 Å². The maximum absolute atomic E-state index is 12.2. The summed E-state index contributed by atoms with van der Waals surface area (Å²) in [6, 6.07) is 0. The van der Waals surface area contributed by atoms with Crippen molar-refractivity contribution in [2.75, 3.05) is 26.9 Å². The molecule has 17 heavy (non-hydrogen) atoms. The van der Waals surface area contributed by atoms with Crippen LogP contribution in [-0.4, -0.2) is 38.4 Å². The topological polar surface area (TPSA) is 47.6 Å². The van der Waals surface area contributed by atoms with Crippen LogP contribution in [0.2, 0.25) is 0 Å². The largest absolute Gasteiger partial charge is 0.465 e. The second-order valence-corrected chi connectivity index (χ2v) is 5.22. The van der Waals surface area contributed by atoms with Crippen molar-refractivity contribution in [1.29, 1.82) is 0 Å². The van der Waals surface area contributed by atoms with Gasteiger partial charge in [0.15, 0.2) is 0 Å². The molecule has 0 aliphatic heterocycles. The van der Waals surface area contributed by atoms with Crippen molar-refractivity contribution in [2.45, 2.75) is 38.1 Å². The Morgan fingerprint density at radius 3 is 2.53 bits per heavy atom. The van der Waals surface area contributed by atoms with E-state index in [2.05, 4.69) is 5.32 Å². The molecule has 0 heterocycles. The third kappa shape index (κ3) is 2.99. The van der Waals surface area contributed by atoms with Gasteiger partial charge in [-0.05, 0) is 51.0 Å². The molecule has 0 spiro atoms. The van der Waals surface area contributed by atoms with E-state index >= 15 is 0 Å². The smallest absolute Gasteiger partial charge is 0.329 e. The molecule has 0 radical (unpaired) electrons. The van der Waals surface area contributed by atoms with E-state index < -0.39 is 5.54 Å². The van der Waals surface area contributed by atoms with Gasteiger partial charge in [-0.2, -0.15) is 0 Å². The lowest BCUT2D eigenvalue weighted by Gasteiger charge is -2.32. The first kappa shape index (κ1) is 12.8. The minimum absolute atomic E-state index is 0.134. The third-order valence-electron chi connectivity index (χ3n) is 3.69. The summed E-state index contributed by atoms with van der Waals surface area (Å²) in [6.07, 6.45) is 4.76. The van der Waals surface area contributed by atoms with Crippen molar-refractivity contribution in [1.82, 2.24) is 5.32 Å². The molecular weight excluding hydrogens is 218 g/mol. The van der Waals surface area contributed by atoms with E-state index in [1.54, 1.807) is 7.11 Å². The molecule has 0 amide bonds. The van der Waals surface area contributed by atoms with Gasteiger partial charge in [-0.15, -0.1) is 0 Å². The zero-order chi connectivity index (χ0) is 12.3. The molecule has 1 atom stereocenters. The second kappa shape index (κ2) is 5.36. The van der Waals surface area contributed by atoms with Crippen LogP contribution in [-0.2, 0) is 14.3 Å². The molecule has 2 aliphatic rings. The molecule has 4 heteroatoms. The fourth-order valence-corrected chi connectivity index (χ4v) is 2.32. The number of carbonyl (C=O) groups excluding carboxylic acids is 1. The van der Waals surface area contributed by atoms with E-state index in [0.717, 1.165) is 25.3 Å². The molecule has 4 nitrogen and oxygen atoms in total. The van der Waals surface area contributed by atoms with E-state index in [0.29, 0.717) is 19.1 Å². The number of esters is 1. The van der Waals surface area contributed by atoms with Gasteiger partial charge < -0.3 is 9.47 Å². The summed E-state index contributed by atoms with van der Waals surface area (Å²) < 4.78 is 10.5. The predicted molar refractivity (Wildman–Crippen MR) is 64.7 cm³/mol. The number of hydrogen-bond donors (Lipinski definition) is 1. The summed E-state index contributed by atoms with van der Waals surface area (Å²) in [5.74, 6) is 1.00. The highest BCUT2D eigenvalue weighted by Crippen LogP contribution is 2.41. The van der Waals surface area contributed by atoms with Gasteiger partial charge in [0.25, 0.3) is 0 Å². The van der Waals surface area contributed by atoms with Crippen LogP contribution in [0.1, 0.15) is 32.6 Å². The van der Waals surface area contributed by atoms with Gasteiger partial charge in [-0.25, -0.2) is 4.79 Å². The highest BCUT2D eigenvalue weighted by Gasteiger charge is 2.52. The van der Waals surface area contributed by atoms with Crippen LogP contribution in [0.4, 0.5) is 0 Å². The van der Waals surface area contributed by atoms with Crippen molar-refractivity contribution in [3.05, 3.63) is 0 Å². The van der Waals surface area contributed by atoms with Crippen molar-refractivity contribution in [2.24, 2.45) is 11.8 Å². The van der Waals surface area contributed by atoms with Crippen LogP contribution in [0.15, 0.2) is 0 Å². The van der Waals surface area contributed by atoms with Crippen molar-refractivity contribution in [3.63, 3.8) is 0 Å². The van der Waals surface area contributed by atoms with Crippen LogP contribution >= 0.6 is 0 Å². The van der Waals surface area contributed by atoms with Crippen LogP contribution < -0.4 is 5.32 Å².